The van der Waals surface area contributed by atoms with Crippen molar-refractivity contribution in [3.8, 4) is 0 Å². The largest absolute Gasteiger partial charge is 0.444 e. The molecule has 4 atom stereocenters. The SMILES string of the molecule is Cc1ccc(NC(=O)C2CC3CN(C(=O)OC(C)(C)C)CC3NC2c2ccc(NC3CCCC3)cc2)cc1C(F)(F)F. The van der Waals surface area contributed by atoms with Gasteiger partial charge >= 0.3 is 12.3 Å². The Labute approximate surface area is 245 Å². The lowest BCUT2D eigenvalue weighted by atomic mass is 9.78. The minimum absolute atomic E-state index is 0.00317. The number of nitrogens with one attached hydrogen (secondary N) is 3. The molecular weight excluding hydrogens is 545 g/mol. The zero-order valence-corrected chi connectivity index (χ0v) is 24.7. The fourth-order valence-corrected chi connectivity index (χ4v) is 6.50. The van der Waals surface area contributed by atoms with Gasteiger partial charge in [0.05, 0.1) is 11.5 Å². The molecular formula is C32H41F3N4O3. The third-order valence-corrected chi connectivity index (χ3v) is 8.59. The number of amides is 2. The number of hydrogen-bond acceptors (Lipinski definition) is 5. The molecule has 228 valence electrons. The Morgan fingerprint density at radius 3 is 2.29 bits per heavy atom. The number of benzene rings is 2. The van der Waals surface area contributed by atoms with Crippen molar-refractivity contribution in [1.29, 1.82) is 0 Å². The number of piperidine rings is 1. The van der Waals surface area contributed by atoms with Crippen molar-refractivity contribution in [1.82, 2.24) is 10.2 Å². The number of alkyl halides is 3. The molecule has 3 N–H and O–H groups in total. The van der Waals surface area contributed by atoms with Gasteiger partial charge in [0.2, 0.25) is 5.91 Å². The highest BCUT2D eigenvalue weighted by Crippen LogP contribution is 2.40. The van der Waals surface area contributed by atoms with Crippen LogP contribution in [0.5, 0.6) is 0 Å². The summed E-state index contributed by atoms with van der Waals surface area (Å²) in [5.74, 6) is -0.919. The number of fused-ring (bicyclic) bond motifs is 1. The molecule has 1 saturated carbocycles. The average molecular weight is 587 g/mol. The van der Waals surface area contributed by atoms with Crippen LogP contribution in [0.25, 0.3) is 0 Å². The van der Waals surface area contributed by atoms with Crippen LogP contribution in [0.3, 0.4) is 0 Å². The van der Waals surface area contributed by atoms with Gasteiger partial charge in [-0.1, -0.05) is 31.0 Å². The second-order valence-electron chi connectivity index (χ2n) is 13.0. The van der Waals surface area contributed by atoms with Gasteiger partial charge in [0, 0.05) is 42.6 Å². The number of carbonyl (C=O) groups is 2. The fourth-order valence-electron chi connectivity index (χ4n) is 6.50. The van der Waals surface area contributed by atoms with E-state index in [0.717, 1.165) is 30.2 Å². The number of nitrogens with zero attached hydrogens (tertiary/aromatic N) is 1. The van der Waals surface area contributed by atoms with Gasteiger partial charge < -0.3 is 25.6 Å². The molecule has 0 radical (unpaired) electrons. The van der Waals surface area contributed by atoms with E-state index in [2.05, 4.69) is 16.0 Å². The predicted octanol–water partition coefficient (Wildman–Crippen LogP) is 6.89. The molecule has 10 heteroatoms. The lowest BCUT2D eigenvalue weighted by molar-refractivity contribution is -0.138. The van der Waals surface area contributed by atoms with Gasteiger partial charge in [-0.3, -0.25) is 4.79 Å². The summed E-state index contributed by atoms with van der Waals surface area (Å²) in [6.45, 7) is 7.77. The van der Waals surface area contributed by atoms with E-state index in [4.69, 9.17) is 4.74 Å². The summed E-state index contributed by atoms with van der Waals surface area (Å²) in [5.41, 5.74) is 0.753. The molecule has 2 heterocycles. The molecule has 4 unspecified atom stereocenters. The number of ether oxygens (including phenoxy) is 1. The summed E-state index contributed by atoms with van der Waals surface area (Å²) in [4.78, 5) is 28.2. The van der Waals surface area contributed by atoms with Crippen LogP contribution >= 0.6 is 0 Å². The molecule has 0 spiro atoms. The highest BCUT2D eigenvalue weighted by molar-refractivity contribution is 5.93. The first-order valence-electron chi connectivity index (χ1n) is 14.9. The number of aryl methyl sites for hydroxylation is 1. The molecule has 2 aromatic rings. The van der Waals surface area contributed by atoms with Crippen molar-refractivity contribution in [3.05, 3.63) is 59.2 Å². The maximum atomic E-state index is 13.7. The van der Waals surface area contributed by atoms with Crippen molar-refractivity contribution in [2.24, 2.45) is 11.8 Å². The molecule has 3 aliphatic rings. The lowest BCUT2D eigenvalue weighted by Gasteiger charge is -2.38. The number of hydrogen-bond donors (Lipinski definition) is 3. The van der Waals surface area contributed by atoms with E-state index in [1.165, 1.54) is 31.9 Å². The van der Waals surface area contributed by atoms with E-state index < -0.39 is 29.4 Å². The minimum atomic E-state index is -4.52. The molecule has 3 fully saturated rings. The molecule has 2 amide bonds. The van der Waals surface area contributed by atoms with Gasteiger partial charge in [-0.15, -0.1) is 0 Å². The molecule has 2 saturated heterocycles. The monoisotopic (exact) mass is 586 g/mol. The number of rotatable bonds is 5. The molecule has 2 aromatic carbocycles. The van der Waals surface area contributed by atoms with E-state index in [0.29, 0.717) is 25.6 Å². The van der Waals surface area contributed by atoms with Crippen LogP contribution < -0.4 is 16.0 Å². The molecule has 5 rings (SSSR count). The Kier molecular flexibility index (Phi) is 8.47. The quantitative estimate of drug-likeness (QED) is 0.355. The van der Waals surface area contributed by atoms with Crippen LogP contribution in [-0.4, -0.2) is 47.7 Å². The normalized spacial score (nSPS) is 24.8. The van der Waals surface area contributed by atoms with Crippen molar-refractivity contribution in [2.45, 2.75) is 89.7 Å². The molecule has 7 nitrogen and oxygen atoms in total. The van der Waals surface area contributed by atoms with Crippen LogP contribution in [0.2, 0.25) is 0 Å². The van der Waals surface area contributed by atoms with Crippen molar-refractivity contribution in [2.75, 3.05) is 23.7 Å². The Morgan fingerprint density at radius 2 is 1.64 bits per heavy atom. The second-order valence-corrected chi connectivity index (χ2v) is 13.0. The van der Waals surface area contributed by atoms with Gasteiger partial charge in [0.25, 0.3) is 0 Å². The van der Waals surface area contributed by atoms with Crippen LogP contribution in [0.1, 0.15) is 75.6 Å². The van der Waals surface area contributed by atoms with Crippen LogP contribution in [-0.2, 0) is 15.7 Å². The standard InChI is InChI=1S/C32H41F3N4O3/c1-19-9-12-24(16-26(19)32(33,34)35)37-29(40)25-15-21-17-39(30(41)42-31(2,3)4)18-27(21)38-28(25)20-10-13-23(14-11-20)36-22-7-5-6-8-22/h9-14,16,21-22,25,27-28,36,38H,5-8,15,17-18H2,1-4H3,(H,37,40). The number of carbonyl (C=O) groups excluding carboxylic acids is 2. The number of halogens is 3. The van der Waals surface area contributed by atoms with Gasteiger partial charge in [-0.25, -0.2) is 4.79 Å². The minimum Gasteiger partial charge on any atom is -0.444 e. The molecule has 1 aliphatic carbocycles. The first-order valence-corrected chi connectivity index (χ1v) is 14.9. The number of likely N-dealkylation sites (tertiary alicyclic amines) is 1. The first-order chi connectivity index (χ1) is 19.8. The summed E-state index contributed by atoms with van der Waals surface area (Å²) in [6.07, 6.45) is 0.336. The molecule has 42 heavy (non-hydrogen) atoms. The topological polar surface area (TPSA) is 82.7 Å². The van der Waals surface area contributed by atoms with Gasteiger partial charge in [-0.05, 0) is 88.3 Å². The Hall–Kier alpha value is -3.27. The highest BCUT2D eigenvalue weighted by Gasteiger charge is 2.46. The maximum Gasteiger partial charge on any atom is 0.416 e. The summed E-state index contributed by atoms with van der Waals surface area (Å²) < 4.78 is 46.2. The Balaban J connectivity index is 1.37. The molecule has 2 aliphatic heterocycles. The van der Waals surface area contributed by atoms with Crippen molar-refractivity contribution < 1.29 is 27.5 Å². The summed E-state index contributed by atoms with van der Waals surface area (Å²) >= 11 is 0. The predicted molar refractivity (Wildman–Crippen MR) is 156 cm³/mol. The lowest BCUT2D eigenvalue weighted by Crippen LogP contribution is -2.50. The van der Waals surface area contributed by atoms with E-state index >= 15 is 0 Å². The fraction of sp³-hybridized carbons (Fsp3) is 0.562. The zero-order chi connectivity index (χ0) is 30.2. The number of anilines is 2. The van der Waals surface area contributed by atoms with E-state index in [9.17, 15) is 22.8 Å². The first kappa shape index (κ1) is 30.2. The summed E-state index contributed by atoms with van der Waals surface area (Å²) in [7, 11) is 0. The second kappa shape index (κ2) is 11.8. The summed E-state index contributed by atoms with van der Waals surface area (Å²) in [5, 5.41) is 9.97. The summed E-state index contributed by atoms with van der Waals surface area (Å²) in [6, 6.07) is 12.0. The van der Waals surface area contributed by atoms with Crippen molar-refractivity contribution >= 4 is 23.4 Å². The van der Waals surface area contributed by atoms with Crippen LogP contribution in [0, 0.1) is 18.8 Å². The van der Waals surface area contributed by atoms with Crippen molar-refractivity contribution in [3.63, 3.8) is 0 Å². The van der Waals surface area contributed by atoms with Gasteiger partial charge in [0.15, 0.2) is 0 Å². The molecule has 0 aromatic heterocycles. The van der Waals surface area contributed by atoms with Gasteiger partial charge in [-0.2, -0.15) is 13.2 Å². The third kappa shape index (κ3) is 7.02. The van der Waals surface area contributed by atoms with E-state index in [-0.39, 0.29) is 35.2 Å². The van der Waals surface area contributed by atoms with E-state index in [1.807, 2.05) is 45.0 Å². The third-order valence-electron chi connectivity index (χ3n) is 8.59. The smallest absolute Gasteiger partial charge is 0.416 e. The van der Waals surface area contributed by atoms with Crippen LogP contribution in [0.15, 0.2) is 42.5 Å². The molecule has 0 bridgehead atoms. The Morgan fingerprint density at radius 1 is 0.976 bits per heavy atom. The maximum absolute atomic E-state index is 13.7. The average Bonchev–Trinajstić information content (AvgIpc) is 3.57. The van der Waals surface area contributed by atoms with Gasteiger partial charge in [0.1, 0.15) is 5.60 Å². The zero-order valence-electron chi connectivity index (χ0n) is 24.7. The van der Waals surface area contributed by atoms with Crippen LogP contribution in [0.4, 0.5) is 29.3 Å². The van der Waals surface area contributed by atoms with E-state index in [1.54, 1.807) is 4.90 Å². The Bertz CT molecular complexity index is 1290. The highest BCUT2D eigenvalue weighted by atomic mass is 19.4.